The van der Waals surface area contributed by atoms with Crippen LogP contribution in [-0.4, -0.2) is 26.5 Å². The summed E-state index contributed by atoms with van der Waals surface area (Å²) in [6.45, 7) is 1.18. The first-order valence-electron chi connectivity index (χ1n) is 7.57. The van der Waals surface area contributed by atoms with Gasteiger partial charge in [-0.05, 0) is 42.0 Å². The number of rotatable bonds is 7. The molecule has 0 saturated heterocycles. The molecule has 0 spiro atoms. The van der Waals surface area contributed by atoms with Gasteiger partial charge in [-0.3, -0.25) is 4.79 Å². The maximum absolute atomic E-state index is 12.8. The molecule has 0 fully saturated rings. The maximum Gasteiger partial charge on any atom is 0.225 e. The van der Waals surface area contributed by atoms with Crippen LogP contribution in [0.25, 0.3) is 0 Å². The molecule has 4 nitrogen and oxygen atoms in total. The molecule has 2 aromatic carbocycles. The van der Waals surface area contributed by atoms with Crippen LogP contribution in [0.5, 0.6) is 0 Å². The fourth-order valence-electron chi connectivity index (χ4n) is 2.10. The van der Waals surface area contributed by atoms with Crippen molar-refractivity contribution in [2.75, 3.05) is 30.9 Å². The number of hydrogen-bond acceptors (Lipinski definition) is 3. The van der Waals surface area contributed by atoms with E-state index in [1.165, 1.54) is 12.1 Å². The van der Waals surface area contributed by atoms with Crippen molar-refractivity contribution < 1.29 is 9.18 Å². The van der Waals surface area contributed by atoms with E-state index in [2.05, 4.69) is 10.6 Å². The van der Waals surface area contributed by atoms with Crippen molar-refractivity contribution in [3.63, 3.8) is 0 Å². The number of nitrogens with zero attached hydrogens (tertiary/aromatic N) is 1. The van der Waals surface area contributed by atoms with Crippen molar-refractivity contribution in [1.29, 1.82) is 0 Å². The van der Waals surface area contributed by atoms with E-state index in [-0.39, 0.29) is 11.7 Å². The van der Waals surface area contributed by atoms with Crippen LogP contribution in [0.1, 0.15) is 12.0 Å². The SMILES string of the molecule is CN(C)c1ccc(NC(=O)CCNCc2ccc(F)cc2)cc1. The molecule has 122 valence electrons. The van der Waals surface area contributed by atoms with Gasteiger partial charge in [-0.2, -0.15) is 0 Å². The van der Waals surface area contributed by atoms with Crippen LogP contribution >= 0.6 is 0 Å². The van der Waals surface area contributed by atoms with E-state index >= 15 is 0 Å². The molecule has 0 heterocycles. The second-order valence-corrected chi connectivity index (χ2v) is 5.54. The predicted molar refractivity (Wildman–Crippen MR) is 92.1 cm³/mol. The number of halogens is 1. The molecule has 2 rings (SSSR count). The van der Waals surface area contributed by atoms with E-state index in [1.54, 1.807) is 12.1 Å². The van der Waals surface area contributed by atoms with Gasteiger partial charge in [0.2, 0.25) is 5.91 Å². The van der Waals surface area contributed by atoms with Gasteiger partial charge in [0.15, 0.2) is 0 Å². The summed E-state index contributed by atoms with van der Waals surface area (Å²) in [5.41, 5.74) is 2.87. The summed E-state index contributed by atoms with van der Waals surface area (Å²) in [5, 5.41) is 6.04. The second-order valence-electron chi connectivity index (χ2n) is 5.54. The Kier molecular flexibility index (Phi) is 6.11. The monoisotopic (exact) mass is 315 g/mol. The van der Waals surface area contributed by atoms with E-state index in [9.17, 15) is 9.18 Å². The third-order valence-corrected chi connectivity index (χ3v) is 3.44. The van der Waals surface area contributed by atoms with Crippen molar-refractivity contribution >= 4 is 17.3 Å². The van der Waals surface area contributed by atoms with E-state index in [0.717, 1.165) is 16.9 Å². The van der Waals surface area contributed by atoms with Crippen LogP contribution in [0.15, 0.2) is 48.5 Å². The van der Waals surface area contributed by atoms with Gasteiger partial charge in [-0.1, -0.05) is 12.1 Å². The van der Waals surface area contributed by atoms with Crippen LogP contribution in [-0.2, 0) is 11.3 Å². The van der Waals surface area contributed by atoms with E-state index in [4.69, 9.17) is 0 Å². The Morgan fingerprint density at radius 2 is 1.70 bits per heavy atom. The van der Waals surface area contributed by atoms with Gasteiger partial charge in [0.25, 0.3) is 0 Å². The highest BCUT2D eigenvalue weighted by Gasteiger charge is 2.03. The van der Waals surface area contributed by atoms with Crippen molar-refractivity contribution in [1.82, 2.24) is 5.32 Å². The minimum atomic E-state index is -0.242. The summed E-state index contributed by atoms with van der Waals surface area (Å²) in [5.74, 6) is -0.275. The maximum atomic E-state index is 12.8. The van der Waals surface area contributed by atoms with Crippen molar-refractivity contribution in [2.45, 2.75) is 13.0 Å². The molecule has 0 radical (unpaired) electrons. The lowest BCUT2D eigenvalue weighted by Gasteiger charge is -2.13. The van der Waals surface area contributed by atoms with Crippen LogP contribution in [0.4, 0.5) is 15.8 Å². The van der Waals surface area contributed by atoms with E-state index < -0.39 is 0 Å². The predicted octanol–water partition coefficient (Wildman–Crippen LogP) is 3.01. The number of anilines is 2. The van der Waals surface area contributed by atoms with Crippen LogP contribution < -0.4 is 15.5 Å². The number of amides is 1. The Labute approximate surface area is 136 Å². The fraction of sp³-hybridized carbons (Fsp3) is 0.278. The molecule has 2 aromatic rings. The highest BCUT2D eigenvalue weighted by atomic mass is 19.1. The molecule has 1 amide bonds. The standard InChI is InChI=1S/C18H22FN3O/c1-22(2)17-9-7-16(8-10-17)21-18(23)11-12-20-13-14-3-5-15(19)6-4-14/h3-10,20H,11-13H2,1-2H3,(H,21,23). The molecule has 0 atom stereocenters. The van der Waals surface area contributed by atoms with Gasteiger partial charge < -0.3 is 15.5 Å². The normalized spacial score (nSPS) is 10.4. The average Bonchev–Trinajstić information content (AvgIpc) is 2.54. The molecule has 23 heavy (non-hydrogen) atoms. The number of carbonyl (C=O) groups is 1. The number of carbonyl (C=O) groups excluding carboxylic acids is 1. The molecule has 0 unspecified atom stereocenters. The van der Waals surface area contributed by atoms with Gasteiger partial charge in [-0.15, -0.1) is 0 Å². The second kappa shape index (κ2) is 8.29. The number of hydrogen-bond donors (Lipinski definition) is 2. The lowest BCUT2D eigenvalue weighted by molar-refractivity contribution is -0.116. The smallest absolute Gasteiger partial charge is 0.225 e. The molecule has 0 saturated carbocycles. The molecular weight excluding hydrogens is 293 g/mol. The Balaban J connectivity index is 1.69. The number of nitrogens with one attached hydrogen (secondary N) is 2. The van der Waals surface area contributed by atoms with Gasteiger partial charge >= 0.3 is 0 Å². The van der Waals surface area contributed by atoms with Gasteiger partial charge in [0.1, 0.15) is 5.82 Å². The zero-order valence-electron chi connectivity index (χ0n) is 13.5. The first-order valence-corrected chi connectivity index (χ1v) is 7.57. The number of benzene rings is 2. The third-order valence-electron chi connectivity index (χ3n) is 3.44. The Hall–Kier alpha value is -2.40. The minimum Gasteiger partial charge on any atom is -0.378 e. The Morgan fingerprint density at radius 3 is 2.30 bits per heavy atom. The first-order chi connectivity index (χ1) is 11.0. The summed E-state index contributed by atoms with van der Waals surface area (Å²) < 4.78 is 12.8. The Bertz CT molecular complexity index is 624. The molecule has 5 heteroatoms. The zero-order valence-corrected chi connectivity index (χ0v) is 13.5. The van der Waals surface area contributed by atoms with Crippen molar-refractivity contribution in [3.05, 3.63) is 59.9 Å². The lowest BCUT2D eigenvalue weighted by atomic mass is 10.2. The van der Waals surface area contributed by atoms with Gasteiger partial charge in [0.05, 0.1) is 0 Å². The fourth-order valence-corrected chi connectivity index (χ4v) is 2.10. The highest BCUT2D eigenvalue weighted by molar-refractivity contribution is 5.91. The minimum absolute atomic E-state index is 0.0331. The third kappa shape index (κ3) is 5.71. The van der Waals surface area contributed by atoms with Crippen LogP contribution in [0.3, 0.4) is 0 Å². The molecule has 0 aliphatic rings. The highest BCUT2D eigenvalue weighted by Crippen LogP contribution is 2.15. The van der Waals surface area contributed by atoms with E-state index in [1.807, 2.05) is 43.3 Å². The lowest BCUT2D eigenvalue weighted by Crippen LogP contribution is -2.21. The summed E-state index contributed by atoms with van der Waals surface area (Å²) in [6.07, 6.45) is 0.386. The van der Waals surface area contributed by atoms with Crippen LogP contribution in [0.2, 0.25) is 0 Å². The molecule has 0 aromatic heterocycles. The molecule has 0 bridgehead atoms. The zero-order chi connectivity index (χ0) is 16.7. The molecular formula is C18H22FN3O. The summed E-state index contributed by atoms with van der Waals surface area (Å²) in [4.78, 5) is 13.9. The molecule has 0 aliphatic carbocycles. The van der Waals surface area contributed by atoms with Crippen molar-refractivity contribution in [2.24, 2.45) is 0 Å². The quantitative estimate of drug-likeness (QED) is 0.772. The van der Waals surface area contributed by atoms with Crippen molar-refractivity contribution in [3.8, 4) is 0 Å². The molecule has 0 aliphatic heterocycles. The van der Waals surface area contributed by atoms with Gasteiger partial charge in [-0.25, -0.2) is 4.39 Å². The van der Waals surface area contributed by atoms with Crippen LogP contribution in [0, 0.1) is 5.82 Å². The summed E-state index contributed by atoms with van der Waals surface area (Å²) in [6, 6.07) is 14.0. The topological polar surface area (TPSA) is 44.4 Å². The average molecular weight is 315 g/mol. The molecule has 2 N–H and O–H groups in total. The van der Waals surface area contributed by atoms with Gasteiger partial charge in [0, 0.05) is 45.0 Å². The summed E-state index contributed by atoms with van der Waals surface area (Å²) in [7, 11) is 3.95. The van der Waals surface area contributed by atoms with E-state index in [0.29, 0.717) is 19.5 Å². The first kappa shape index (κ1) is 17.0. The Morgan fingerprint density at radius 1 is 1.04 bits per heavy atom. The largest absolute Gasteiger partial charge is 0.378 e. The summed E-state index contributed by atoms with van der Waals surface area (Å²) >= 11 is 0.